The molecule has 5 nitrogen and oxygen atoms in total. The zero-order chi connectivity index (χ0) is 14.8. The fourth-order valence-corrected chi connectivity index (χ4v) is 2.00. The average molecular weight is 275 g/mol. The number of hydrogen-bond donors (Lipinski definition) is 3. The van der Waals surface area contributed by atoms with E-state index < -0.39 is 11.7 Å². The summed E-state index contributed by atoms with van der Waals surface area (Å²) < 4.78 is 5.25. The van der Waals surface area contributed by atoms with Crippen molar-refractivity contribution in [3.63, 3.8) is 0 Å². The summed E-state index contributed by atoms with van der Waals surface area (Å²) in [5.74, 6) is 0. The van der Waals surface area contributed by atoms with Crippen molar-refractivity contribution in [2.45, 2.75) is 32.4 Å². The fraction of sp³-hybridized carbons (Fsp3) is 0.400. The smallest absolute Gasteiger partial charge is 0.408 e. The summed E-state index contributed by atoms with van der Waals surface area (Å²) in [5, 5.41) is 3.87. The molecule has 1 aromatic carbocycles. The molecule has 20 heavy (non-hydrogen) atoms. The largest absolute Gasteiger partial charge is 0.444 e. The number of ether oxygens (including phenoxy) is 1. The Balaban J connectivity index is 2.13. The molecule has 1 aromatic heterocycles. The highest BCUT2D eigenvalue weighted by Crippen LogP contribution is 2.19. The van der Waals surface area contributed by atoms with Gasteiger partial charge in [0.25, 0.3) is 0 Å². The van der Waals surface area contributed by atoms with E-state index in [1.807, 2.05) is 51.1 Å². The van der Waals surface area contributed by atoms with Crippen LogP contribution in [-0.2, 0) is 4.74 Å². The van der Waals surface area contributed by atoms with Crippen molar-refractivity contribution in [2.75, 3.05) is 6.54 Å². The Hall–Kier alpha value is -2.01. The number of rotatable bonds is 3. The Bertz CT molecular complexity index is 565. The van der Waals surface area contributed by atoms with Crippen molar-refractivity contribution in [2.24, 2.45) is 5.73 Å². The van der Waals surface area contributed by atoms with Crippen LogP contribution in [0.25, 0.3) is 10.9 Å². The maximum absolute atomic E-state index is 11.8. The molecule has 0 aliphatic heterocycles. The topological polar surface area (TPSA) is 80.1 Å². The van der Waals surface area contributed by atoms with E-state index in [9.17, 15) is 4.79 Å². The summed E-state index contributed by atoms with van der Waals surface area (Å²) in [6.07, 6.45) is -0.466. The molecule has 2 aromatic rings. The number of amides is 1. The first-order valence-electron chi connectivity index (χ1n) is 6.66. The summed E-state index contributed by atoms with van der Waals surface area (Å²) in [4.78, 5) is 15.1. The number of para-hydroxylation sites is 1. The normalized spacial score (nSPS) is 13.2. The van der Waals surface area contributed by atoms with E-state index in [-0.39, 0.29) is 6.04 Å². The molecule has 0 fully saturated rings. The van der Waals surface area contributed by atoms with E-state index in [0.29, 0.717) is 6.54 Å². The monoisotopic (exact) mass is 275 g/mol. The lowest BCUT2D eigenvalue weighted by Crippen LogP contribution is -2.37. The van der Waals surface area contributed by atoms with Crippen LogP contribution in [0.3, 0.4) is 0 Å². The number of aromatic amines is 1. The molecule has 0 saturated carbocycles. The number of hydrogen-bond acceptors (Lipinski definition) is 3. The van der Waals surface area contributed by atoms with Gasteiger partial charge in [-0.1, -0.05) is 18.2 Å². The van der Waals surface area contributed by atoms with Crippen LogP contribution in [0.2, 0.25) is 0 Å². The van der Waals surface area contributed by atoms with Gasteiger partial charge >= 0.3 is 6.09 Å². The van der Waals surface area contributed by atoms with E-state index in [0.717, 1.165) is 16.6 Å². The van der Waals surface area contributed by atoms with Gasteiger partial charge in [-0.05, 0) is 38.3 Å². The zero-order valence-corrected chi connectivity index (χ0v) is 12.1. The molecule has 0 radical (unpaired) electrons. The van der Waals surface area contributed by atoms with Crippen LogP contribution in [0.15, 0.2) is 30.3 Å². The standard InChI is InChI=1S/C15H21N3O2/c1-15(2,3)20-14(19)18-13(9-16)12-8-10-6-4-5-7-11(10)17-12/h4-8,13,17H,9,16H2,1-3H3,(H,18,19). The molecule has 4 N–H and O–H groups in total. The Labute approximate surface area is 118 Å². The highest BCUT2D eigenvalue weighted by atomic mass is 16.6. The molecular formula is C15H21N3O2. The minimum absolute atomic E-state index is 0.294. The van der Waals surface area contributed by atoms with Gasteiger partial charge in [0.05, 0.1) is 6.04 Å². The maximum Gasteiger partial charge on any atom is 0.408 e. The molecule has 0 aliphatic rings. The van der Waals surface area contributed by atoms with E-state index in [1.165, 1.54) is 0 Å². The first-order chi connectivity index (χ1) is 9.39. The van der Waals surface area contributed by atoms with Crippen molar-refractivity contribution >= 4 is 17.0 Å². The lowest BCUT2D eigenvalue weighted by molar-refractivity contribution is 0.0504. The van der Waals surface area contributed by atoms with Gasteiger partial charge < -0.3 is 20.8 Å². The summed E-state index contributed by atoms with van der Waals surface area (Å²) >= 11 is 0. The van der Waals surface area contributed by atoms with Crippen molar-refractivity contribution in [3.05, 3.63) is 36.0 Å². The van der Waals surface area contributed by atoms with Gasteiger partial charge in [0, 0.05) is 17.8 Å². The molecule has 0 spiro atoms. The number of nitrogens with one attached hydrogen (secondary N) is 2. The minimum Gasteiger partial charge on any atom is -0.444 e. The van der Waals surface area contributed by atoms with Crippen LogP contribution < -0.4 is 11.1 Å². The van der Waals surface area contributed by atoms with Gasteiger partial charge in [-0.25, -0.2) is 4.79 Å². The predicted octanol–water partition coefficient (Wildman–Crippen LogP) is 2.69. The number of fused-ring (bicyclic) bond motifs is 1. The van der Waals surface area contributed by atoms with Crippen molar-refractivity contribution < 1.29 is 9.53 Å². The molecule has 0 aliphatic carbocycles. The predicted molar refractivity (Wildman–Crippen MR) is 79.5 cm³/mol. The number of carbonyl (C=O) groups excluding carboxylic acids is 1. The molecule has 0 bridgehead atoms. The third-order valence-electron chi connectivity index (χ3n) is 2.85. The van der Waals surface area contributed by atoms with Crippen LogP contribution in [0.5, 0.6) is 0 Å². The number of nitrogens with two attached hydrogens (primary N) is 1. The summed E-state index contributed by atoms with van der Waals surface area (Å²) in [7, 11) is 0. The second-order valence-corrected chi connectivity index (χ2v) is 5.75. The number of aromatic nitrogens is 1. The van der Waals surface area contributed by atoms with Crippen LogP contribution in [0.1, 0.15) is 32.5 Å². The SMILES string of the molecule is CC(C)(C)OC(=O)NC(CN)c1cc2ccccc2[nH]1. The average Bonchev–Trinajstić information content (AvgIpc) is 2.77. The van der Waals surface area contributed by atoms with Crippen LogP contribution >= 0.6 is 0 Å². The molecule has 2 rings (SSSR count). The number of H-pyrrole nitrogens is 1. The minimum atomic E-state index is -0.524. The first kappa shape index (κ1) is 14.4. The van der Waals surface area contributed by atoms with Gasteiger partial charge in [0.15, 0.2) is 0 Å². The number of benzene rings is 1. The molecule has 0 saturated heterocycles. The van der Waals surface area contributed by atoms with E-state index >= 15 is 0 Å². The van der Waals surface area contributed by atoms with Gasteiger partial charge in [0.2, 0.25) is 0 Å². The summed E-state index contributed by atoms with van der Waals surface area (Å²) in [6.45, 7) is 5.78. The molecule has 5 heteroatoms. The summed E-state index contributed by atoms with van der Waals surface area (Å²) in [5.41, 5.74) is 7.12. The highest BCUT2D eigenvalue weighted by molar-refractivity contribution is 5.80. The van der Waals surface area contributed by atoms with Crippen LogP contribution in [-0.4, -0.2) is 23.2 Å². The zero-order valence-electron chi connectivity index (χ0n) is 12.1. The lowest BCUT2D eigenvalue weighted by Gasteiger charge is -2.22. The van der Waals surface area contributed by atoms with E-state index in [2.05, 4.69) is 10.3 Å². The van der Waals surface area contributed by atoms with Gasteiger partial charge in [-0.3, -0.25) is 0 Å². The third-order valence-corrected chi connectivity index (χ3v) is 2.85. The van der Waals surface area contributed by atoms with E-state index in [1.54, 1.807) is 0 Å². The lowest BCUT2D eigenvalue weighted by atomic mass is 10.2. The third kappa shape index (κ3) is 3.51. The molecule has 1 atom stereocenters. The maximum atomic E-state index is 11.8. The molecule has 1 heterocycles. The quantitative estimate of drug-likeness (QED) is 0.805. The Morgan fingerprint density at radius 1 is 1.40 bits per heavy atom. The van der Waals surface area contributed by atoms with Crippen molar-refractivity contribution in [1.82, 2.24) is 10.3 Å². The number of alkyl carbamates (subject to hydrolysis) is 1. The highest BCUT2D eigenvalue weighted by Gasteiger charge is 2.20. The molecular weight excluding hydrogens is 254 g/mol. The molecule has 1 amide bonds. The van der Waals surface area contributed by atoms with Gasteiger partial charge in [-0.15, -0.1) is 0 Å². The van der Waals surface area contributed by atoms with Crippen molar-refractivity contribution in [1.29, 1.82) is 0 Å². The van der Waals surface area contributed by atoms with Gasteiger partial charge in [-0.2, -0.15) is 0 Å². The Morgan fingerprint density at radius 3 is 2.70 bits per heavy atom. The first-order valence-corrected chi connectivity index (χ1v) is 6.66. The van der Waals surface area contributed by atoms with E-state index in [4.69, 9.17) is 10.5 Å². The van der Waals surface area contributed by atoms with Gasteiger partial charge in [0.1, 0.15) is 5.60 Å². The fourth-order valence-electron chi connectivity index (χ4n) is 2.00. The summed E-state index contributed by atoms with van der Waals surface area (Å²) in [6, 6.07) is 9.62. The van der Waals surface area contributed by atoms with Crippen LogP contribution in [0.4, 0.5) is 4.79 Å². The second-order valence-electron chi connectivity index (χ2n) is 5.75. The molecule has 1 unspecified atom stereocenters. The Kier molecular flexibility index (Phi) is 3.99. The number of carbonyl (C=O) groups is 1. The molecule has 108 valence electrons. The van der Waals surface area contributed by atoms with Crippen molar-refractivity contribution in [3.8, 4) is 0 Å². The Morgan fingerprint density at radius 2 is 2.10 bits per heavy atom. The van der Waals surface area contributed by atoms with Crippen LogP contribution in [0, 0.1) is 0 Å². The second kappa shape index (κ2) is 5.54.